The molecule has 1 atom stereocenters. The van der Waals surface area contributed by atoms with Gasteiger partial charge in [0, 0.05) is 24.3 Å². The van der Waals surface area contributed by atoms with Crippen LogP contribution in [0.1, 0.15) is 53.0 Å². The van der Waals surface area contributed by atoms with Crippen LogP contribution in [0.15, 0.2) is 48.5 Å². The van der Waals surface area contributed by atoms with Crippen LogP contribution in [0.2, 0.25) is 0 Å². The van der Waals surface area contributed by atoms with E-state index < -0.39 is 0 Å². The molecule has 5 heteroatoms. The van der Waals surface area contributed by atoms with Crippen LogP contribution in [-0.4, -0.2) is 36.5 Å². The van der Waals surface area contributed by atoms with Gasteiger partial charge in [-0.3, -0.25) is 9.69 Å². The quantitative estimate of drug-likeness (QED) is 0.757. The number of nitrogens with one attached hydrogen (secondary N) is 1. The van der Waals surface area contributed by atoms with E-state index in [9.17, 15) is 9.59 Å². The monoisotopic (exact) mass is 380 g/mol. The van der Waals surface area contributed by atoms with E-state index in [-0.39, 0.29) is 11.9 Å². The van der Waals surface area contributed by atoms with Gasteiger partial charge in [0.25, 0.3) is 5.91 Å². The summed E-state index contributed by atoms with van der Waals surface area (Å²) in [5.41, 5.74) is 2.95. The first kappa shape index (κ1) is 20.1. The molecule has 1 saturated heterocycles. The highest BCUT2D eigenvalue weighted by molar-refractivity contribution is 6.04. The highest BCUT2D eigenvalue weighted by atomic mass is 16.5. The van der Waals surface area contributed by atoms with Gasteiger partial charge < -0.3 is 10.1 Å². The number of likely N-dealkylation sites (tertiary alicyclic amines) is 1. The Bertz CT molecular complexity index is 800. The number of carbonyl (C=O) groups is 2. The fourth-order valence-corrected chi connectivity index (χ4v) is 3.56. The minimum absolute atomic E-state index is 0.165. The maximum atomic E-state index is 12.5. The van der Waals surface area contributed by atoms with Gasteiger partial charge in [0.2, 0.25) is 0 Å². The predicted octanol–water partition coefficient (Wildman–Crippen LogP) is 4.35. The summed E-state index contributed by atoms with van der Waals surface area (Å²) in [4.78, 5) is 26.6. The molecule has 0 saturated carbocycles. The van der Waals surface area contributed by atoms with Crippen molar-refractivity contribution in [1.29, 1.82) is 0 Å². The van der Waals surface area contributed by atoms with Crippen molar-refractivity contribution >= 4 is 17.6 Å². The summed E-state index contributed by atoms with van der Waals surface area (Å²) in [6.07, 6.45) is 2.58. The van der Waals surface area contributed by atoms with Crippen LogP contribution in [0.4, 0.5) is 5.69 Å². The van der Waals surface area contributed by atoms with Crippen LogP contribution in [0.5, 0.6) is 0 Å². The zero-order valence-electron chi connectivity index (χ0n) is 16.6. The van der Waals surface area contributed by atoms with Gasteiger partial charge in [-0.05, 0) is 74.2 Å². The number of hydrogen-bond donors (Lipinski definition) is 1. The van der Waals surface area contributed by atoms with Gasteiger partial charge in [0.15, 0.2) is 0 Å². The van der Waals surface area contributed by atoms with Crippen molar-refractivity contribution in [3.8, 4) is 0 Å². The molecule has 0 aromatic heterocycles. The lowest BCUT2D eigenvalue weighted by Crippen LogP contribution is -2.33. The Morgan fingerprint density at radius 2 is 1.75 bits per heavy atom. The van der Waals surface area contributed by atoms with Crippen molar-refractivity contribution in [2.75, 3.05) is 25.0 Å². The topological polar surface area (TPSA) is 58.6 Å². The van der Waals surface area contributed by atoms with Crippen molar-refractivity contribution in [3.05, 3.63) is 65.2 Å². The van der Waals surface area contributed by atoms with Crippen LogP contribution in [0.3, 0.4) is 0 Å². The number of rotatable bonds is 6. The summed E-state index contributed by atoms with van der Waals surface area (Å²) >= 11 is 0. The largest absolute Gasteiger partial charge is 0.462 e. The first-order valence-electron chi connectivity index (χ1n) is 9.95. The fraction of sp³-hybridized carbons (Fsp3) is 0.391. The third kappa shape index (κ3) is 5.42. The molecule has 1 aliphatic rings. The van der Waals surface area contributed by atoms with Crippen LogP contribution in [0.25, 0.3) is 0 Å². The summed E-state index contributed by atoms with van der Waals surface area (Å²) < 4.78 is 4.96. The Hall–Kier alpha value is -2.66. The Kier molecular flexibility index (Phi) is 6.82. The Morgan fingerprint density at radius 3 is 2.39 bits per heavy atom. The summed E-state index contributed by atoms with van der Waals surface area (Å²) in [5, 5.41) is 2.86. The van der Waals surface area contributed by atoms with E-state index in [0.29, 0.717) is 23.4 Å². The number of carbonyl (C=O) groups excluding carboxylic acids is 2. The second-order valence-electron chi connectivity index (χ2n) is 7.43. The molecule has 1 heterocycles. The minimum Gasteiger partial charge on any atom is -0.462 e. The zero-order valence-corrected chi connectivity index (χ0v) is 16.6. The average Bonchev–Trinajstić information content (AvgIpc) is 2.69. The number of nitrogens with zero attached hydrogens (tertiary/aromatic N) is 1. The molecule has 1 aliphatic heterocycles. The number of amides is 1. The lowest BCUT2D eigenvalue weighted by molar-refractivity contribution is 0.0526. The molecule has 1 amide bonds. The van der Waals surface area contributed by atoms with Crippen molar-refractivity contribution in [1.82, 2.24) is 4.90 Å². The average molecular weight is 380 g/mol. The number of anilines is 1. The van der Waals surface area contributed by atoms with Crippen LogP contribution < -0.4 is 5.32 Å². The molecule has 0 aliphatic carbocycles. The molecule has 28 heavy (non-hydrogen) atoms. The second-order valence-corrected chi connectivity index (χ2v) is 7.43. The van der Waals surface area contributed by atoms with Crippen molar-refractivity contribution in [2.24, 2.45) is 5.92 Å². The number of esters is 1. The first-order chi connectivity index (χ1) is 13.5. The Balaban J connectivity index is 1.56. The number of piperidine rings is 1. The molecule has 0 unspecified atom stereocenters. The molecule has 3 rings (SSSR count). The molecule has 0 bridgehead atoms. The molecule has 2 aromatic carbocycles. The van der Waals surface area contributed by atoms with E-state index in [1.165, 1.54) is 18.4 Å². The first-order valence-corrected chi connectivity index (χ1v) is 9.95. The van der Waals surface area contributed by atoms with Gasteiger partial charge >= 0.3 is 5.97 Å². The number of benzene rings is 2. The zero-order chi connectivity index (χ0) is 19.9. The molecular weight excluding hydrogens is 352 g/mol. The van der Waals surface area contributed by atoms with Gasteiger partial charge in [-0.2, -0.15) is 0 Å². The van der Waals surface area contributed by atoms with Gasteiger partial charge in [-0.15, -0.1) is 0 Å². The van der Waals surface area contributed by atoms with E-state index in [1.54, 1.807) is 31.2 Å². The van der Waals surface area contributed by atoms with Gasteiger partial charge in [0.1, 0.15) is 0 Å². The van der Waals surface area contributed by atoms with E-state index in [2.05, 4.69) is 17.1 Å². The molecular formula is C23H28N2O3. The van der Waals surface area contributed by atoms with E-state index in [1.807, 2.05) is 24.3 Å². The second kappa shape index (κ2) is 9.51. The smallest absolute Gasteiger partial charge is 0.338 e. The highest BCUT2D eigenvalue weighted by Crippen LogP contribution is 2.18. The van der Waals surface area contributed by atoms with E-state index >= 15 is 0 Å². The van der Waals surface area contributed by atoms with Gasteiger partial charge in [-0.1, -0.05) is 19.1 Å². The lowest BCUT2D eigenvalue weighted by Gasteiger charge is -2.30. The van der Waals surface area contributed by atoms with Crippen molar-refractivity contribution < 1.29 is 14.3 Å². The molecule has 1 N–H and O–H groups in total. The highest BCUT2D eigenvalue weighted by Gasteiger charge is 2.16. The van der Waals surface area contributed by atoms with E-state index in [0.717, 1.165) is 25.6 Å². The third-order valence-electron chi connectivity index (χ3n) is 5.02. The third-order valence-corrected chi connectivity index (χ3v) is 5.02. The maximum absolute atomic E-state index is 12.5. The lowest BCUT2D eigenvalue weighted by atomic mass is 9.99. The molecule has 1 fully saturated rings. The van der Waals surface area contributed by atoms with Gasteiger partial charge in [0.05, 0.1) is 12.2 Å². The summed E-state index contributed by atoms with van der Waals surface area (Å²) in [6, 6.07) is 14.5. The minimum atomic E-state index is -0.362. The summed E-state index contributed by atoms with van der Waals surface area (Å²) in [7, 11) is 0. The van der Waals surface area contributed by atoms with Crippen LogP contribution >= 0.6 is 0 Å². The molecule has 148 valence electrons. The molecule has 2 aromatic rings. The SMILES string of the molecule is CCOC(=O)c1ccc(NC(=O)c2ccc(CN3CCC[C@@H](C)C3)cc2)cc1. The standard InChI is InChI=1S/C23H28N2O3/c1-3-28-23(27)20-10-12-21(13-11-20)24-22(26)19-8-6-18(7-9-19)16-25-14-4-5-17(2)15-25/h6-13,17H,3-5,14-16H2,1-2H3,(H,24,26)/t17-/m1/s1. The Morgan fingerprint density at radius 1 is 1.07 bits per heavy atom. The van der Waals surface area contributed by atoms with Crippen molar-refractivity contribution in [2.45, 2.75) is 33.2 Å². The molecule has 5 nitrogen and oxygen atoms in total. The molecule has 0 radical (unpaired) electrons. The van der Waals surface area contributed by atoms with Crippen molar-refractivity contribution in [3.63, 3.8) is 0 Å². The van der Waals surface area contributed by atoms with Crippen LogP contribution in [0, 0.1) is 5.92 Å². The molecule has 0 spiro atoms. The summed E-state index contributed by atoms with van der Waals surface area (Å²) in [6.45, 7) is 7.63. The summed E-state index contributed by atoms with van der Waals surface area (Å²) in [5.74, 6) is 0.232. The fourth-order valence-electron chi connectivity index (χ4n) is 3.56. The van der Waals surface area contributed by atoms with Gasteiger partial charge in [-0.25, -0.2) is 4.79 Å². The predicted molar refractivity (Wildman–Crippen MR) is 110 cm³/mol. The van der Waals surface area contributed by atoms with E-state index in [4.69, 9.17) is 4.74 Å². The number of hydrogen-bond acceptors (Lipinski definition) is 4. The normalized spacial score (nSPS) is 17.1. The Labute approximate surface area is 166 Å². The van der Waals surface area contributed by atoms with Crippen LogP contribution in [-0.2, 0) is 11.3 Å². The number of ether oxygens (including phenoxy) is 1. The maximum Gasteiger partial charge on any atom is 0.338 e.